The molecule has 1 heterocycles. The molecule has 0 aliphatic carbocycles. The Labute approximate surface area is 96.9 Å². The lowest BCUT2D eigenvalue weighted by molar-refractivity contribution is 0.0594. The Bertz CT molecular complexity index is 644. The smallest absolute Gasteiger partial charge is 0.356 e. The van der Waals surface area contributed by atoms with Crippen molar-refractivity contribution in [3.8, 4) is 11.8 Å². The molecule has 1 aromatic carbocycles. The maximum atomic E-state index is 11.3. The third kappa shape index (κ3) is 1.88. The molecule has 0 unspecified atom stereocenters. The largest absolute Gasteiger partial charge is 0.507 e. The molecule has 5 heteroatoms. The molecule has 0 spiro atoms. The van der Waals surface area contributed by atoms with Gasteiger partial charge in [-0.05, 0) is 18.2 Å². The van der Waals surface area contributed by atoms with Gasteiger partial charge in [-0.15, -0.1) is 0 Å². The normalized spacial score (nSPS) is 9.88. The van der Waals surface area contributed by atoms with Crippen molar-refractivity contribution < 1.29 is 14.6 Å². The molecule has 2 rings (SSSR count). The first-order valence-electron chi connectivity index (χ1n) is 4.78. The van der Waals surface area contributed by atoms with Crippen LogP contribution in [0.15, 0.2) is 24.3 Å². The Morgan fingerprint density at radius 2 is 2.24 bits per heavy atom. The van der Waals surface area contributed by atoms with Crippen LogP contribution in [0.2, 0.25) is 0 Å². The number of esters is 1. The van der Waals surface area contributed by atoms with Gasteiger partial charge in [0.1, 0.15) is 5.75 Å². The maximum absolute atomic E-state index is 11.3. The highest BCUT2D eigenvalue weighted by Crippen LogP contribution is 2.25. The van der Waals surface area contributed by atoms with Gasteiger partial charge in [-0.1, -0.05) is 0 Å². The fourth-order valence-electron chi connectivity index (χ4n) is 1.49. The SMILES string of the molecule is COC(=O)c1cc(O)c2cc(C#N)ccc2n1. The van der Waals surface area contributed by atoms with E-state index >= 15 is 0 Å². The minimum absolute atomic E-state index is 0.0298. The van der Waals surface area contributed by atoms with Crippen LogP contribution in [0.1, 0.15) is 16.1 Å². The van der Waals surface area contributed by atoms with Gasteiger partial charge < -0.3 is 9.84 Å². The number of hydrogen-bond acceptors (Lipinski definition) is 5. The number of methoxy groups -OCH3 is 1. The van der Waals surface area contributed by atoms with Crippen LogP contribution >= 0.6 is 0 Å². The van der Waals surface area contributed by atoms with Crippen molar-refractivity contribution >= 4 is 16.9 Å². The molecule has 5 nitrogen and oxygen atoms in total. The number of fused-ring (bicyclic) bond motifs is 1. The van der Waals surface area contributed by atoms with E-state index in [2.05, 4.69) is 9.72 Å². The summed E-state index contributed by atoms with van der Waals surface area (Å²) in [6, 6.07) is 7.83. The highest BCUT2D eigenvalue weighted by atomic mass is 16.5. The topological polar surface area (TPSA) is 83.2 Å². The highest BCUT2D eigenvalue weighted by molar-refractivity contribution is 5.94. The molecule has 0 radical (unpaired) electrons. The molecule has 0 bridgehead atoms. The predicted octanol–water partition coefficient (Wildman–Crippen LogP) is 1.60. The van der Waals surface area contributed by atoms with Crippen molar-refractivity contribution in [2.45, 2.75) is 0 Å². The number of ether oxygens (including phenoxy) is 1. The number of aromatic hydroxyl groups is 1. The molecule has 0 saturated heterocycles. The maximum Gasteiger partial charge on any atom is 0.356 e. The first-order chi connectivity index (χ1) is 8.15. The van der Waals surface area contributed by atoms with Gasteiger partial charge in [0, 0.05) is 11.5 Å². The summed E-state index contributed by atoms with van der Waals surface area (Å²) in [6.45, 7) is 0. The molecule has 17 heavy (non-hydrogen) atoms. The van der Waals surface area contributed by atoms with Crippen molar-refractivity contribution in [2.75, 3.05) is 7.11 Å². The summed E-state index contributed by atoms with van der Waals surface area (Å²) in [6.07, 6.45) is 0. The number of nitrogens with zero attached hydrogens (tertiary/aromatic N) is 2. The van der Waals surface area contributed by atoms with Crippen molar-refractivity contribution in [2.24, 2.45) is 0 Å². The summed E-state index contributed by atoms with van der Waals surface area (Å²) < 4.78 is 4.52. The Kier molecular flexibility index (Phi) is 2.63. The molecule has 0 saturated carbocycles. The average molecular weight is 228 g/mol. The molecule has 0 aliphatic rings. The van der Waals surface area contributed by atoms with Crippen molar-refractivity contribution in [1.82, 2.24) is 4.98 Å². The lowest BCUT2D eigenvalue weighted by Gasteiger charge is -2.04. The van der Waals surface area contributed by atoms with Crippen molar-refractivity contribution in [3.63, 3.8) is 0 Å². The number of carbonyl (C=O) groups is 1. The molecule has 0 atom stereocenters. The monoisotopic (exact) mass is 228 g/mol. The van der Waals surface area contributed by atoms with E-state index in [1.54, 1.807) is 12.1 Å². The number of benzene rings is 1. The molecular weight excluding hydrogens is 220 g/mol. The second-order valence-electron chi connectivity index (χ2n) is 3.36. The zero-order valence-corrected chi connectivity index (χ0v) is 8.97. The van der Waals surface area contributed by atoms with E-state index in [0.717, 1.165) is 0 Å². The molecular formula is C12H8N2O3. The number of aromatic nitrogens is 1. The number of pyridine rings is 1. The lowest BCUT2D eigenvalue weighted by Crippen LogP contribution is -2.04. The first-order valence-corrected chi connectivity index (χ1v) is 4.78. The number of carbonyl (C=O) groups excluding carboxylic acids is 1. The van der Waals surface area contributed by atoms with Gasteiger partial charge in [0.05, 0.1) is 24.3 Å². The quantitative estimate of drug-likeness (QED) is 0.749. The standard InChI is InChI=1S/C12H8N2O3/c1-17-12(16)10-5-11(15)8-4-7(6-13)2-3-9(8)14-10/h2-5H,1H3,(H,14,15). The van der Waals surface area contributed by atoms with E-state index in [-0.39, 0.29) is 11.4 Å². The highest BCUT2D eigenvalue weighted by Gasteiger charge is 2.12. The first kappa shape index (κ1) is 10.9. The van der Waals surface area contributed by atoms with Crippen LogP contribution < -0.4 is 0 Å². The summed E-state index contributed by atoms with van der Waals surface area (Å²) in [7, 11) is 1.24. The summed E-state index contributed by atoms with van der Waals surface area (Å²) in [5.74, 6) is -0.723. The molecule has 84 valence electrons. The van der Waals surface area contributed by atoms with Crippen LogP contribution in [-0.2, 0) is 4.74 Å². The minimum Gasteiger partial charge on any atom is -0.507 e. The second kappa shape index (κ2) is 4.10. The van der Waals surface area contributed by atoms with Gasteiger partial charge in [-0.3, -0.25) is 0 Å². The van der Waals surface area contributed by atoms with E-state index in [9.17, 15) is 9.90 Å². The van der Waals surface area contributed by atoms with Crippen LogP contribution in [0.5, 0.6) is 5.75 Å². The van der Waals surface area contributed by atoms with Crippen LogP contribution in [-0.4, -0.2) is 23.2 Å². The Morgan fingerprint density at radius 1 is 1.47 bits per heavy atom. The fourth-order valence-corrected chi connectivity index (χ4v) is 1.49. The van der Waals surface area contributed by atoms with E-state index in [0.29, 0.717) is 16.5 Å². The van der Waals surface area contributed by atoms with Gasteiger partial charge >= 0.3 is 5.97 Å². The van der Waals surface area contributed by atoms with Crippen LogP contribution in [0.4, 0.5) is 0 Å². The molecule has 0 amide bonds. The van der Waals surface area contributed by atoms with Gasteiger partial charge in [-0.2, -0.15) is 5.26 Å². The van der Waals surface area contributed by atoms with Crippen LogP contribution in [0.3, 0.4) is 0 Å². The predicted molar refractivity (Wildman–Crippen MR) is 59.5 cm³/mol. The molecule has 0 fully saturated rings. The lowest BCUT2D eigenvalue weighted by atomic mass is 10.1. The molecule has 1 N–H and O–H groups in total. The third-order valence-corrected chi connectivity index (χ3v) is 2.31. The summed E-state index contributed by atoms with van der Waals surface area (Å²) in [4.78, 5) is 15.3. The Hall–Kier alpha value is -2.61. The molecule has 2 aromatic rings. The van der Waals surface area contributed by atoms with Crippen LogP contribution in [0.25, 0.3) is 10.9 Å². The number of hydrogen-bond donors (Lipinski definition) is 1. The van der Waals surface area contributed by atoms with Gasteiger partial charge in [0.15, 0.2) is 5.69 Å². The van der Waals surface area contributed by atoms with E-state index in [4.69, 9.17) is 5.26 Å². The van der Waals surface area contributed by atoms with E-state index in [1.165, 1.54) is 19.2 Å². The van der Waals surface area contributed by atoms with Crippen molar-refractivity contribution in [1.29, 1.82) is 5.26 Å². The number of rotatable bonds is 1. The molecule has 0 aliphatic heterocycles. The molecule has 1 aromatic heterocycles. The third-order valence-electron chi connectivity index (χ3n) is 2.31. The average Bonchev–Trinajstić information content (AvgIpc) is 2.37. The minimum atomic E-state index is -0.619. The zero-order valence-electron chi connectivity index (χ0n) is 8.97. The summed E-state index contributed by atoms with van der Waals surface area (Å²) >= 11 is 0. The summed E-state index contributed by atoms with van der Waals surface area (Å²) in [5, 5.41) is 18.9. The zero-order chi connectivity index (χ0) is 12.4. The second-order valence-corrected chi connectivity index (χ2v) is 3.36. The van der Waals surface area contributed by atoms with Gasteiger partial charge in [0.25, 0.3) is 0 Å². The number of nitriles is 1. The van der Waals surface area contributed by atoms with Gasteiger partial charge in [0.2, 0.25) is 0 Å². The van der Waals surface area contributed by atoms with Crippen LogP contribution in [0, 0.1) is 11.3 Å². The Balaban J connectivity index is 2.68. The fraction of sp³-hybridized carbons (Fsp3) is 0.0833. The van der Waals surface area contributed by atoms with Gasteiger partial charge in [-0.25, -0.2) is 9.78 Å². The summed E-state index contributed by atoms with van der Waals surface area (Å²) in [5.41, 5.74) is 0.882. The van der Waals surface area contributed by atoms with E-state index < -0.39 is 5.97 Å². The van der Waals surface area contributed by atoms with E-state index in [1.807, 2.05) is 6.07 Å². The Morgan fingerprint density at radius 3 is 2.88 bits per heavy atom. The van der Waals surface area contributed by atoms with Crippen molar-refractivity contribution in [3.05, 3.63) is 35.5 Å².